The topological polar surface area (TPSA) is 57.4 Å². The van der Waals surface area contributed by atoms with Gasteiger partial charge in [-0.15, -0.1) is 0 Å². The molecule has 7 aromatic rings. The van der Waals surface area contributed by atoms with Crippen molar-refractivity contribution in [2.75, 3.05) is 0 Å². The van der Waals surface area contributed by atoms with E-state index in [0.29, 0.717) is 0 Å². The number of nitrogens with one attached hydrogen (secondary N) is 2. The van der Waals surface area contributed by atoms with Gasteiger partial charge in [-0.3, -0.25) is 0 Å². The number of benzene rings is 4. The molecule has 0 unspecified atom stereocenters. The van der Waals surface area contributed by atoms with Gasteiger partial charge < -0.3 is 47.2 Å². The zero-order chi connectivity index (χ0) is 31.9. The molecule has 255 valence electrons. The van der Waals surface area contributed by atoms with E-state index >= 15 is 0 Å². The number of fused-ring (bicyclic) bond motifs is 8. The van der Waals surface area contributed by atoms with Gasteiger partial charge in [-0.2, -0.15) is 0 Å². The average molecular weight is 777 g/mol. The third-order valence-corrected chi connectivity index (χ3v) is 9.00. The minimum atomic E-state index is 0. The Labute approximate surface area is 331 Å². The molecule has 9 rings (SSSR count). The van der Waals surface area contributed by atoms with Crippen LogP contribution < -0.4 is 37.2 Å². The van der Waals surface area contributed by atoms with Gasteiger partial charge in [0.2, 0.25) is 0 Å². The fraction of sp³-hybridized carbons (Fsp3) is 0. The van der Waals surface area contributed by atoms with Crippen LogP contribution in [0.4, 0.5) is 0 Å². The van der Waals surface area contributed by atoms with Gasteiger partial charge in [-0.05, 0) is 70.8 Å². The molecule has 0 amide bonds. The molecule has 5 heterocycles. The Hall–Kier alpha value is -5.13. The number of rotatable bonds is 4. The maximum atomic E-state index is 5.33. The molecule has 0 saturated carbocycles. The Balaban J connectivity index is 0.00000131. The van der Waals surface area contributed by atoms with E-state index in [2.05, 4.69) is 162 Å². The molecule has 3 aromatic heterocycles. The van der Waals surface area contributed by atoms with Gasteiger partial charge in [0, 0.05) is 44.3 Å². The number of aromatic nitrogens is 4. The van der Waals surface area contributed by atoms with Gasteiger partial charge in [0.15, 0.2) is 0 Å². The van der Waals surface area contributed by atoms with Crippen LogP contribution in [0.1, 0.15) is 22.8 Å². The van der Waals surface area contributed by atoms with E-state index < -0.39 is 0 Å². The maximum absolute atomic E-state index is 5.33. The van der Waals surface area contributed by atoms with Gasteiger partial charge in [-0.1, -0.05) is 121 Å². The minimum Gasteiger partial charge on any atom is -1.00 e. The van der Waals surface area contributed by atoms with E-state index in [1.54, 1.807) is 0 Å². The van der Waals surface area contributed by atoms with Gasteiger partial charge in [0.1, 0.15) is 0 Å². The summed E-state index contributed by atoms with van der Waals surface area (Å²) in [6.45, 7) is 0. The van der Waals surface area contributed by atoms with Crippen LogP contribution in [0, 0.1) is 0 Å². The van der Waals surface area contributed by atoms with E-state index in [-0.39, 0.29) is 54.3 Å². The Morgan fingerprint density at radius 1 is 0.288 bits per heavy atom. The van der Waals surface area contributed by atoms with Crippen LogP contribution >= 0.6 is 0 Å². The summed E-state index contributed by atoms with van der Waals surface area (Å²) in [6, 6.07) is 50.7. The first-order valence-corrected chi connectivity index (χ1v) is 16.2. The number of H-pyrrole nitrogens is 2. The molecule has 1 radical (unpaired) electrons. The van der Waals surface area contributed by atoms with Crippen molar-refractivity contribution in [2.45, 2.75) is 0 Å². The van der Waals surface area contributed by atoms with Crippen LogP contribution in [-0.2, 0) is 17.1 Å². The summed E-state index contributed by atoms with van der Waals surface area (Å²) in [5.41, 5.74) is 16.2. The van der Waals surface area contributed by atoms with Crippen molar-refractivity contribution in [3.05, 3.63) is 168 Å². The molecule has 2 aliphatic heterocycles. The Bertz CT molecular complexity index is 2410. The van der Waals surface area contributed by atoms with Crippen molar-refractivity contribution >= 4 is 46.4 Å². The summed E-state index contributed by atoms with van der Waals surface area (Å²) in [5, 5.41) is 0. The molecule has 0 aliphatic carbocycles. The Morgan fingerprint density at radius 2 is 0.538 bits per heavy atom. The number of nitrogens with zero attached hydrogens (tertiary/aromatic N) is 2. The van der Waals surface area contributed by atoms with Crippen LogP contribution in [0.25, 0.3) is 90.9 Å². The molecule has 2 aliphatic rings. The summed E-state index contributed by atoms with van der Waals surface area (Å²) >= 11 is 0. The zero-order valence-electron chi connectivity index (χ0n) is 27.5. The fourth-order valence-electron chi connectivity index (χ4n) is 6.84. The number of hydrogen-bond acceptors (Lipinski definition) is 2. The molecule has 52 heavy (non-hydrogen) atoms. The number of halogens is 3. The quantitative estimate of drug-likeness (QED) is 0.270. The number of aromatic amines is 2. The first-order valence-electron chi connectivity index (χ1n) is 16.2. The summed E-state index contributed by atoms with van der Waals surface area (Å²) in [4.78, 5) is 18.3. The first kappa shape index (κ1) is 38.1. The van der Waals surface area contributed by atoms with Crippen LogP contribution in [0.2, 0.25) is 0 Å². The largest absolute Gasteiger partial charge is 3.00 e. The van der Waals surface area contributed by atoms with Crippen LogP contribution in [0.5, 0.6) is 0 Å². The molecule has 8 heteroatoms. The summed E-state index contributed by atoms with van der Waals surface area (Å²) in [6.07, 6.45) is 8.50. The van der Waals surface area contributed by atoms with E-state index in [9.17, 15) is 0 Å². The predicted molar refractivity (Wildman–Crippen MR) is 201 cm³/mol. The van der Waals surface area contributed by atoms with Gasteiger partial charge in [-0.25, -0.2) is 9.97 Å². The monoisotopic (exact) mass is 775 g/mol. The molecular weight excluding hydrogens is 747 g/mol. The summed E-state index contributed by atoms with van der Waals surface area (Å²) < 4.78 is 0. The second-order valence-corrected chi connectivity index (χ2v) is 12.0. The van der Waals surface area contributed by atoms with Crippen molar-refractivity contribution in [2.24, 2.45) is 0 Å². The maximum Gasteiger partial charge on any atom is 3.00 e. The molecule has 4 nitrogen and oxygen atoms in total. The Morgan fingerprint density at radius 3 is 0.865 bits per heavy atom. The van der Waals surface area contributed by atoms with Crippen molar-refractivity contribution in [3.8, 4) is 44.5 Å². The third kappa shape index (κ3) is 7.03. The molecule has 8 bridgehead atoms. The molecular formula is C44H30Cl3FeN4. The Kier molecular flexibility index (Phi) is 12.1. The first-order chi connectivity index (χ1) is 23.8. The van der Waals surface area contributed by atoms with Gasteiger partial charge in [0.05, 0.1) is 22.8 Å². The summed E-state index contributed by atoms with van der Waals surface area (Å²) in [5.74, 6) is 0. The van der Waals surface area contributed by atoms with Crippen LogP contribution in [0.15, 0.2) is 146 Å². The van der Waals surface area contributed by atoms with E-state index in [0.717, 1.165) is 89.4 Å². The predicted octanol–water partition coefficient (Wildman–Crippen LogP) is 2.33. The minimum absolute atomic E-state index is 0. The van der Waals surface area contributed by atoms with Crippen molar-refractivity contribution in [1.29, 1.82) is 0 Å². The molecule has 0 saturated heterocycles. The SMILES string of the molecule is C1=Cc2nc1c(-c1ccccc1)c1nc(c(-c3ccccc3)c3ccc([nH]3)c(-c3ccccc3)c3ccc([nH]3)c2-c2ccccc2)C=C1.[Cl-].[Cl-].[Cl-].[Fe+3]. The van der Waals surface area contributed by atoms with Gasteiger partial charge >= 0.3 is 17.1 Å². The van der Waals surface area contributed by atoms with E-state index in [4.69, 9.17) is 9.97 Å². The van der Waals surface area contributed by atoms with Gasteiger partial charge in [0.25, 0.3) is 0 Å². The second kappa shape index (κ2) is 16.5. The van der Waals surface area contributed by atoms with E-state index in [1.165, 1.54) is 0 Å². The fourth-order valence-corrected chi connectivity index (χ4v) is 6.84. The average Bonchev–Trinajstić information content (AvgIpc) is 3.98. The molecule has 0 atom stereocenters. The molecule has 0 fully saturated rings. The molecule has 0 spiro atoms. The van der Waals surface area contributed by atoms with Crippen LogP contribution in [0.3, 0.4) is 0 Å². The van der Waals surface area contributed by atoms with Crippen LogP contribution in [-0.4, -0.2) is 19.9 Å². The summed E-state index contributed by atoms with van der Waals surface area (Å²) in [7, 11) is 0. The van der Waals surface area contributed by atoms with Crippen molar-refractivity contribution in [1.82, 2.24) is 19.9 Å². The molecule has 4 aromatic carbocycles. The third-order valence-electron chi connectivity index (χ3n) is 9.00. The standard InChI is InChI=1S/C44H30N4.3ClH.Fe/c1-5-13-29(14-6-1)41-33-21-23-35(45-33)42(30-15-7-2-8-16-30)37-25-27-39(47-37)44(32-19-11-4-12-20-32)40-28-26-38(48-40)43(31-17-9-3-10-18-31)36-24-22-34(41)46-36;;;;/h1-28,45-46H;3*1H;/q;;;;+3/p-3. The van der Waals surface area contributed by atoms with Crippen molar-refractivity contribution in [3.63, 3.8) is 0 Å². The van der Waals surface area contributed by atoms with E-state index in [1.807, 2.05) is 18.2 Å². The molecule has 2 N–H and O–H groups in total. The smallest absolute Gasteiger partial charge is 1.00 e. The second-order valence-electron chi connectivity index (χ2n) is 12.0. The number of hydrogen-bond donors (Lipinski definition) is 2. The normalized spacial score (nSPS) is 11.1. The zero-order valence-corrected chi connectivity index (χ0v) is 30.9. The van der Waals surface area contributed by atoms with Crippen molar-refractivity contribution < 1.29 is 54.3 Å².